The summed E-state index contributed by atoms with van der Waals surface area (Å²) in [7, 11) is -1.86. The molecule has 2 aromatic carbocycles. The number of amides is 1. The number of benzene rings is 2. The minimum absolute atomic E-state index is 0.0196. The maximum absolute atomic E-state index is 13.3. The van der Waals surface area contributed by atoms with E-state index >= 15 is 0 Å². The number of hydrogen-bond acceptors (Lipinski definition) is 4. The quantitative estimate of drug-likeness (QED) is 0.607. The fraction of sp³-hybridized carbons (Fsp3) is 0.222. The molecule has 1 aromatic heterocycles. The third-order valence-corrected chi connectivity index (χ3v) is 6.88. The highest BCUT2D eigenvalue weighted by Crippen LogP contribution is 2.18. The number of carbonyl (C=O) groups excluding carboxylic acids is 1. The Kier molecular flexibility index (Phi) is 5.52. The van der Waals surface area contributed by atoms with Crippen molar-refractivity contribution in [2.75, 3.05) is 5.75 Å². The summed E-state index contributed by atoms with van der Waals surface area (Å²) in [5, 5.41) is 0. The first-order valence-electron chi connectivity index (χ1n) is 8.07. The van der Waals surface area contributed by atoms with E-state index in [1.54, 1.807) is 17.7 Å². The van der Waals surface area contributed by atoms with Crippen LogP contribution in [0.4, 0.5) is 8.78 Å². The highest BCUT2D eigenvalue weighted by atomic mass is 32.2. The van der Waals surface area contributed by atoms with Gasteiger partial charge in [0, 0.05) is 13.5 Å². The number of fused-ring (bicyclic) bond motifs is 1. The molecule has 0 aliphatic heterocycles. The SMILES string of the molecule is Cn1c(=NC(=O)CCCS(=O)(=O)c2ccc(F)cc2)sc2cc(F)ccc21. The molecule has 0 fully saturated rings. The molecule has 142 valence electrons. The van der Waals surface area contributed by atoms with E-state index in [0.29, 0.717) is 9.50 Å². The number of aryl methyl sites for hydroxylation is 1. The lowest BCUT2D eigenvalue weighted by Crippen LogP contribution is -2.14. The summed E-state index contributed by atoms with van der Waals surface area (Å²) in [6, 6.07) is 8.88. The van der Waals surface area contributed by atoms with Crippen LogP contribution < -0.4 is 4.80 Å². The van der Waals surface area contributed by atoms with Gasteiger partial charge in [-0.2, -0.15) is 4.99 Å². The van der Waals surface area contributed by atoms with Crippen molar-refractivity contribution >= 4 is 37.3 Å². The first kappa shape index (κ1) is 19.4. The maximum Gasteiger partial charge on any atom is 0.248 e. The molecule has 0 saturated heterocycles. The average molecular weight is 410 g/mol. The topological polar surface area (TPSA) is 68.5 Å². The summed E-state index contributed by atoms with van der Waals surface area (Å²) in [5.41, 5.74) is 0.756. The maximum atomic E-state index is 13.3. The molecule has 3 rings (SSSR count). The van der Waals surface area contributed by atoms with Crippen molar-refractivity contribution in [1.29, 1.82) is 0 Å². The molecule has 0 aliphatic carbocycles. The van der Waals surface area contributed by atoms with Gasteiger partial charge >= 0.3 is 0 Å². The van der Waals surface area contributed by atoms with E-state index in [9.17, 15) is 22.0 Å². The van der Waals surface area contributed by atoms with Crippen LogP contribution in [0, 0.1) is 11.6 Å². The monoisotopic (exact) mass is 410 g/mol. The molecule has 0 spiro atoms. The minimum Gasteiger partial charge on any atom is -0.319 e. The molecule has 0 aliphatic rings. The number of hydrogen-bond donors (Lipinski definition) is 0. The molecule has 0 N–H and O–H groups in total. The standard InChI is InChI=1S/C18H16F2N2O3S2/c1-22-15-9-6-13(20)11-16(15)26-18(22)21-17(23)3-2-10-27(24,25)14-7-4-12(19)5-8-14/h4-9,11H,2-3,10H2,1H3. The predicted octanol–water partition coefficient (Wildman–Crippen LogP) is 3.20. The highest BCUT2D eigenvalue weighted by Gasteiger charge is 2.15. The first-order valence-corrected chi connectivity index (χ1v) is 10.5. The van der Waals surface area contributed by atoms with Gasteiger partial charge in [-0.05, 0) is 48.9 Å². The van der Waals surface area contributed by atoms with Crippen LogP contribution in [0.5, 0.6) is 0 Å². The van der Waals surface area contributed by atoms with Crippen molar-refractivity contribution < 1.29 is 22.0 Å². The summed E-state index contributed by atoms with van der Waals surface area (Å²) < 4.78 is 52.9. The highest BCUT2D eigenvalue weighted by molar-refractivity contribution is 7.91. The van der Waals surface area contributed by atoms with E-state index in [0.717, 1.165) is 17.6 Å². The van der Waals surface area contributed by atoms with Crippen molar-refractivity contribution in [2.24, 2.45) is 12.0 Å². The van der Waals surface area contributed by atoms with Crippen LogP contribution in [-0.4, -0.2) is 24.6 Å². The molecular formula is C18H16F2N2O3S2. The Morgan fingerprint density at radius 1 is 1.11 bits per heavy atom. The van der Waals surface area contributed by atoms with Gasteiger partial charge in [0.25, 0.3) is 0 Å². The van der Waals surface area contributed by atoms with Gasteiger partial charge < -0.3 is 4.57 Å². The molecule has 0 radical (unpaired) electrons. The summed E-state index contributed by atoms with van der Waals surface area (Å²) in [4.78, 5) is 16.5. The largest absolute Gasteiger partial charge is 0.319 e. The Hall–Kier alpha value is -2.39. The average Bonchev–Trinajstić information content (AvgIpc) is 2.90. The lowest BCUT2D eigenvalue weighted by Gasteiger charge is -2.03. The van der Waals surface area contributed by atoms with E-state index in [-0.39, 0.29) is 29.3 Å². The fourth-order valence-electron chi connectivity index (χ4n) is 2.55. The molecular weight excluding hydrogens is 394 g/mol. The van der Waals surface area contributed by atoms with Crippen molar-refractivity contribution in [3.63, 3.8) is 0 Å². The van der Waals surface area contributed by atoms with Crippen molar-refractivity contribution in [1.82, 2.24) is 4.57 Å². The van der Waals surface area contributed by atoms with Gasteiger partial charge in [-0.25, -0.2) is 17.2 Å². The van der Waals surface area contributed by atoms with E-state index < -0.39 is 21.6 Å². The Bertz CT molecular complexity index is 1160. The predicted molar refractivity (Wildman–Crippen MR) is 99.0 cm³/mol. The number of halogens is 2. The van der Waals surface area contributed by atoms with Gasteiger partial charge in [0.15, 0.2) is 14.6 Å². The van der Waals surface area contributed by atoms with Gasteiger partial charge in [-0.3, -0.25) is 4.79 Å². The summed E-state index contributed by atoms with van der Waals surface area (Å²) >= 11 is 1.19. The molecule has 9 heteroatoms. The van der Waals surface area contributed by atoms with E-state index in [1.165, 1.54) is 35.6 Å². The number of thiazole rings is 1. The zero-order valence-corrected chi connectivity index (χ0v) is 16.0. The Balaban J connectivity index is 1.69. The molecule has 0 saturated carbocycles. The summed E-state index contributed by atoms with van der Waals surface area (Å²) in [6.45, 7) is 0. The van der Waals surface area contributed by atoms with E-state index in [4.69, 9.17) is 0 Å². The van der Waals surface area contributed by atoms with Gasteiger partial charge in [0.1, 0.15) is 11.6 Å². The third kappa shape index (κ3) is 4.48. The molecule has 0 atom stereocenters. The zero-order valence-electron chi connectivity index (χ0n) is 14.4. The van der Waals surface area contributed by atoms with Crippen molar-refractivity contribution in [3.8, 4) is 0 Å². The van der Waals surface area contributed by atoms with Crippen LogP contribution >= 0.6 is 11.3 Å². The van der Waals surface area contributed by atoms with Crippen LogP contribution in [0.3, 0.4) is 0 Å². The van der Waals surface area contributed by atoms with E-state index in [2.05, 4.69) is 4.99 Å². The van der Waals surface area contributed by atoms with Gasteiger partial charge in [0.05, 0.1) is 20.9 Å². The van der Waals surface area contributed by atoms with Gasteiger partial charge in [-0.1, -0.05) is 11.3 Å². The Morgan fingerprint density at radius 2 is 1.78 bits per heavy atom. The van der Waals surface area contributed by atoms with Crippen molar-refractivity contribution in [2.45, 2.75) is 17.7 Å². The Labute approximate surface area is 158 Å². The normalized spacial score (nSPS) is 12.6. The third-order valence-electron chi connectivity index (χ3n) is 3.97. The number of aromatic nitrogens is 1. The summed E-state index contributed by atoms with van der Waals surface area (Å²) in [6.07, 6.45) is 0.0638. The lowest BCUT2D eigenvalue weighted by atomic mass is 10.3. The Morgan fingerprint density at radius 3 is 2.48 bits per heavy atom. The number of rotatable bonds is 5. The minimum atomic E-state index is -3.58. The molecule has 0 unspecified atom stereocenters. The van der Waals surface area contributed by atoms with Crippen molar-refractivity contribution in [3.05, 3.63) is 58.9 Å². The second-order valence-corrected chi connectivity index (χ2v) is 9.06. The van der Waals surface area contributed by atoms with Gasteiger partial charge in [0.2, 0.25) is 5.91 Å². The number of sulfone groups is 1. The van der Waals surface area contributed by atoms with Crippen LogP contribution in [0.15, 0.2) is 52.4 Å². The number of nitrogens with zero attached hydrogens (tertiary/aromatic N) is 2. The van der Waals surface area contributed by atoms with Crippen LogP contribution in [0.25, 0.3) is 10.2 Å². The summed E-state index contributed by atoms with van der Waals surface area (Å²) in [5.74, 6) is -1.57. The molecule has 27 heavy (non-hydrogen) atoms. The number of carbonyl (C=O) groups is 1. The molecule has 1 heterocycles. The molecule has 0 bridgehead atoms. The van der Waals surface area contributed by atoms with Crippen LogP contribution in [0.2, 0.25) is 0 Å². The second kappa shape index (κ2) is 7.69. The van der Waals surface area contributed by atoms with E-state index in [1.807, 2.05) is 0 Å². The lowest BCUT2D eigenvalue weighted by molar-refractivity contribution is -0.118. The van der Waals surface area contributed by atoms with Crippen LogP contribution in [-0.2, 0) is 21.7 Å². The van der Waals surface area contributed by atoms with Crippen LogP contribution in [0.1, 0.15) is 12.8 Å². The van der Waals surface area contributed by atoms with Gasteiger partial charge in [-0.15, -0.1) is 0 Å². The smallest absolute Gasteiger partial charge is 0.248 e. The zero-order chi connectivity index (χ0) is 19.6. The second-order valence-electron chi connectivity index (χ2n) is 5.94. The first-order chi connectivity index (χ1) is 12.8. The molecule has 5 nitrogen and oxygen atoms in total. The fourth-order valence-corrected chi connectivity index (χ4v) is 4.92. The molecule has 1 amide bonds. The molecule has 3 aromatic rings.